The van der Waals surface area contributed by atoms with Gasteiger partial charge in [0, 0.05) is 29.8 Å². The van der Waals surface area contributed by atoms with E-state index in [2.05, 4.69) is 0 Å². The van der Waals surface area contributed by atoms with E-state index < -0.39 is 0 Å². The number of benzene rings is 1. The maximum absolute atomic E-state index is 5.81. The van der Waals surface area contributed by atoms with Crippen LogP contribution in [0.1, 0.15) is 34.3 Å². The van der Waals surface area contributed by atoms with E-state index in [0.717, 1.165) is 22.9 Å². The Bertz CT molecular complexity index is 608. The minimum Gasteiger partial charge on any atom is -0.497 e. The van der Waals surface area contributed by atoms with Gasteiger partial charge in [-0.05, 0) is 25.0 Å². The van der Waals surface area contributed by atoms with Gasteiger partial charge in [0.2, 0.25) is 0 Å². The normalized spacial score (nSPS) is 14.2. The van der Waals surface area contributed by atoms with Gasteiger partial charge in [0.05, 0.1) is 24.4 Å². The molecule has 1 fully saturated rings. The van der Waals surface area contributed by atoms with Crippen LogP contribution in [0.4, 0.5) is 0 Å². The minimum atomic E-state index is 0.597. The molecule has 1 aromatic heterocycles. The Labute approximate surface area is 128 Å². The van der Waals surface area contributed by atoms with Gasteiger partial charge in [-0.2, -0.15) is 0 Å². The molecular weight excluding hydrogens is 284 g/mol. The van der Waals surface area contributed by atoms with E-state index >= 15 is 0 Å². The lowest BCUT2D eigenvalue weighted by molar-refractivity contribution is 0.318. The van der Waals surface area contributed by atoms with Gasteiger partial charge in [0.15, 0.2) is 0 Å². The maximum Gasteiger partial charge on any atom is 0.123 e. The molecular formula is C16H20N2O2S. The Kier molecular flexibility index (Phi) is 4.41. The summed E-state index contributed by atoms with van der Waals surface area (Å²) in [5, 5.41) is 1.13. The van der Waals surface area contributed by atoms with Crippen molar-refractivity contribution in [2.24, 2.45) is 5.73 Å². The molecule has 0 spiro atoms. The second kappa shape index (κ2) is 6.45. The van der Waals surface area contributed by atoms with Crippen LogP contribution in [0.3, 0.4) is 0 Å². The average Bonchev–Trinajstić information content (AvgIpc) is 3.28. The number of hydrogen-bond donors (Lipinski definition) is 1. The van der Waals surface area contributed by atoms with Crippen LogP contribution < -0.4 is 15.2 Å². The number of thiazole rings is 1. The molecule has 112 valence electrons. The highest BCUT2D eigenvalue weighted by molar-refractivity contribution is 7.11. The molecule has 21 heavy (non-hydrogen) atoms. The Morgan fingerprint density at radius 2 is 2.14 bits per heavy atom. The van der Waals surface area contributed by atoms with Crippen LogP contribution in [-0.2, 0) is 13.0 Å². The summed E-state index contributed by atoms with van der Waals surface area (Å²) in [6.45, 7) is 1.22. The highest BCUT2D eigenvalue weighted by atomic mass is 32.1. The van der Waals surface area contributed by atoms with Crippen molar-refractivity contribution in [1.29, 1.82) is 0 Å². The van der Waals surface area contributed by atoms with E-state index in [1.165, 1.54) is 23.4 Å². The third kappa shape index (κ3) is 3.54. The zero-order valence-corrected chi connectivity index (χ0v) is 13.0. The van der Waals surface area contributed by atoms with Crippen LogP contribution in [0.2, 0.25) is 0 Å². The van der Waals surface area contributed by atoms with Crippen LogP contribution in [0.25, 0.3) is 0 Å². The van der Waals surface area contributed by atoms with Crippen molar-refractivity contribution < 1.29 is 9.47 Å². The van der Waals surface area contributed by atoms with Crippen LogP contribution in [-0.4, -0.2) is 18.7 Å². The lowest BCUT2D eigenvalue weighted by Crippen LogP contribution is -2.01. The number of aromatic nitrogens is 1. The molecule has 1 aromatic carbocycles. The molecule has 2 aromatic rings. The first kappa shape index (κ1) is 14.4. The Balaban J connectivity index is 1.57. The quantitative estimate of drug-likeness (QED) is 0.854. The fourth-order valence-corrected chi connectivity index (χ4v) is 3.30. The lowest BCUT2D eigenvalue weighted by atomic mass is 10.2. The summed E-state index contributed by atoms with van der Waals surface area (Å²) in [6, 6.07) is 7.66. The maximum atomic E-state index is 5.81. The zero-order chi connectivity index (χ0) is 14.7. The number of rotatable bonds is 7. The SMILES string of the molecule is COc1cccc(OCCc2nc(C3CC3)c(CN)s2)c1. The second-order valence-electron chi connectivity index (χ2n) is 5.17. The minimum absolute atomic E-state index is 0.597. The third-order valence-corrected chi connectivity index (χ3v) is 4.70. The van der Waals surface area contributed by atoms with Crippen LogP contribution in [0, 0.1) is 0 Å². The monoisotopic (exact) mass is 304 g/mol. The van der Waals surface area contributed by atoms with E-state index in [4.69, 9.17) is 20.2 Å². The molecule has 1 aliphatic rings. The van der Waals surface area contributed by atoms with Gasteiger partial charge in [-0.15, -0.1) is 11.3 Å². The van der Waals surface area contributed by atoms with Gasteiger partial charge >= 0.3 is 0 Å². The highest BCUT2D eigenvalue weighted by Crippen LogP contribution is 2.42. The Hall–Kier alpha value is -1.59. The Morgan fingerprint density at radius 3 is 2.86 bits per heavy atom. The van der Waals surface area contributed by atoms with Crippen molar-refractivity contribution in [3.05, 3.63) is 39.8 Å². The van der Waals surface area contributed by atoms with Gasteiger partial charge in [-0.1, -0.05) is 6.07 Å². The summed E-state index contributed by atoms with van der Waals surface area (Å²) < 4.78 is 10.9. The first-order valence-corrected chi connectivity index (χ1v) is 8.07. The van der Waals surface area contributed by atoms with Gasteiger partial charge in [-0.3, -0.25) is 0 Å². The fourth-order valence-electron chi connectivity index (χ4n) is 2.29. The highest BCUT2D eigenvalue weighted by Gasteiger charge is 2.29. The second-order valence-corrected chi connectivity index (χ2v) is 6.34. The van der Waals surface area contributed by atoms with Crippen LogP contribution >= 0.6 is 11.3 Å². The molecule has 1 heterocycles. The number of ether oxygens (including phenoxy) is 2. The summed E-state index contributed by atoms with van der Waals surface area (Å²) >= 11 is 1.73. The summed E-state index contributed by atoms with van der Waals surface area (Å²) in [4.78, 5) is 5.99. The zero-order valence-electron chi connectivity index (χ0n) is 12.2. The van der Waals surface area contributed by atoms with E-state index in [0.29, 0.717) is 19.1 Å². The van der Waals surface area contributed by atoms with Crippen molar-refractivity contribution in [1.82, 2.24) is 4.98 Å². The molecule has 0 amide bonds. The van der Waals surface area contributed by atoms with Crippen LogP contribution in [0.15, 0.2) is 24.3 Å². The predicted octanol–water partition coefficient (Wildman–Crippen LogP) is 3.11. The molecule has 4 nitrogen and oxygen atoms in total. The molecule has 3 rings (SSSR count). The summed E-state index contributed by atoms with van der Waals surface area (Å²) in [5.41, 5.74) is 7.04. The van der Waals surface area contributed by atoms with Crippen molar-refractivity contribution in [3.8, 4) is 11.5 Å². The molecule has 0 aliphatic heterocycles. The summed E-state index contributed by atoms with van der Waals surface area (Å²) in [6.07, 6.45) is 3.34. The molecule has 0 atom stereocenters. The number of methoxy groups -OCH3 is 1. The van der Waals surface area contributed by atoms with E-state index in [1.807, 2.05) is 24.3 Å². The van der Waals surface area contributed by atoms with E-state index in [1.54, 1.807) is 18.4 Å². The van der Waals surface area contributed by atoms with E-state index in [9.17, 15) is 0 Å². The van der Waals surface area contributed by atoms with Crippen LogP contribution in [0.5, 0.6) is 11.5 Å². The fraction of sp³-hybridized carbons (Fsp3) is 0.438. The first-order valence-electron chi connectivity index (χ1n) is 7.25. The third-order valence-electron chi connectivity index (χ3n) is 3.55. The molecule has 5 heteroatoms. The standard InChI is InChI=1S/C16H20N2O2S/c1-19-12-3-2-4-13(9-12)20-8-7-15-18-16(11-5-6-11)14(10-17)21-15/h2-4,9,11H,5-8,10,17H2,1H3. The predicted molar refractivity (Wildman–Crippen MR) is 84.2 cm³/mol. The number of hydrogen-bond acceptors (Lipinski definition) is 5. The van der Waals surface area contributed by atoms with Gasteiger partial charge < -0.3 is 15.2 Å². The van der Waals surface area contributed by atoms with E-state index in [-0.39, 0.29) is 0 Å². The number of nitrogens with two attached hydrogens (primary N) is 1. The molecule has 2 N–H and O–H groups in total. The summed E-state index contributed by atoms with van der Waals surface area (Å²) in [5.74, 6) is 2.29. The molecule has 1 aliphatic carbocycles. The van der Waals surface area contributed by atoms with Gasteiger partial charge in [-0.25, -0.2) is 4.98 Å². The number of nitrogens with zero attached hydrogens (tertiary/aromatic N) is 1. The summed E-state index contributed by atoms with van der Waals surface area (Å²) in [7, 11) is 1.66. The Morgan fingerprint density at radius 1 is 1.33 bits per heavy atom. The van der Waals surface area contributed by atoms with Crippen molar-refractivity contribution in [2.75, 3.05) is 13.7 Å². The molecule has 0 radical (unpaired) electrons. The van der Waals surface area contributed by atoms with Crippen molar-refractivity contribution >= 4 is 11.3 Å². The largest absolute Gasteiger partial charge is 0.497 e. The molecule has 0 saturated heterocycles. The first-order chi connectivity index (χ1) is 10.3. The average molecular weight is 304 g/mol. The molecule has 0 unspecified atom stereocenters. The molecule has 0 bridgehead atoms. The molecule has 1 saturated carbocycles. The van der Waals surface area contributed by atoms with Gasteiger partial charge in [0.1, 0.15) is 11.5 Å². The lowest BCUT2D eigenvalue weighted by Gasteiger charge is -2.06. The van der Waals surface area contributed by atoms with Crippen molar-refractivity contribution in [2.45, 2.75) is 31.7 Å². The smallest absolute Gasteiger partial charge is 0.123 e. The van der Waals surface area contributed by atoms with Gasteiger partial charge in [0.25, 0.3) is 0 Å². The topological polar surface area (TPSA) is 57.4 Å². The van der Waals surface area contributed by atoms with Crippen molar-refractivity contribution in [3.63, 3.8) is 0 Å².